The summed E-state index contributed by atoms with van der Waals surface area (Å²) in [5.74, 6) is 0.745. The lowest BCUT2D eigenvalue weighted by atomic mass is 10.3. The van der Waals surface area contributed by atoms with Crippen LogP contribution >= 0.6 is 7.95 Å². The second kappa shape index (κ2) is 8.29. The first kappa shape index (κ1) is 16.1. The van der Waals surface area contributed by atoms with Gasteiger partial charge in [-0.15, -0.1) is 0 Å². The summed E-state index contributed by atoms with van der Waals surface area (Å²) in [4.78, 5) is 10.8. The molecule has 6 heteroatoms. The fraction of sp³-hybridized carbons (Fsp3) is 0.538. The zero-order chi connectivity index (χ0) is 14.3. The van der Waals surface area contributed by atoms with Gasteiger partial charge in [-0.2, -0.15) is 0 Å². The molecular formula is C13H22BN4P. The van der Waals surface area contributed by atoms with E-state index in [0.29, 0.717) is 0 Å². The third-order valence-corrected chi connectivity index (χ3v) is 3.83. The fourth-order valence-corrected chi connectivity index (χ4v) is 2.75. The lowest BCUT2D eigenvalue weighted by molar-refractivity contribution is 0.403. The molecule has 0 aromatic carbocycles. The highest BCUT2D eigenvalue weighted by Crippen LogP contribution is 2.39. The molecule has 102 valence electrons. The number of nitrogens with zero attached hydrogens (tertiary/aromatic N) is 4. The summed E-state index contributed by atoms with van der Waals surface area (Å²) in [5.41, 5.74) is 1.02. The molecule has 0 saturated heterocycles. The third-order valence-electron chi connectivity index (χ3n) is 2.65. The number of hydrogen-bond donors (Lipinski definition) is 0. The van der Waals surface area contributed by atoms with Gasteiger partial charge in [0.1, 0.15) is 7.57 Å². The van der Waals surface area contributed by atoms with E-state index >= 15 is 0 Å². The van der Waals surface area contributed by atoms with Crippen LogP contribution in [0.4, 0.5) is 11.5 Å². The van der Waals surface area contributed by atoms with Crippen molar-refractivity contribution in [3.63, 3.8) is 0 Å². The second-order valence-electron chi connectivity index (χ2n) is 4.59. The van der Waals surface area contributed by atoms with Crippen molar-refractivity contribution in [2.75, 3.05) is 38.5 Å². The smallest absolute Gasteiger partial charge is 0.175 e. The maximum absolute atomic E-state index is 6.15. The molecule has 0 bridgehead atoms. The first-order valence-electron chi connectivity index (χ1n) is 6.40. The zero-order valence-electron chi connectivity index (χ0n) is 12.2. The Balaban J connectivity index is 2.86. The summed E-state index contributed by atoms with van der Waals surface area (Å²) in [6.45, 7) is 5.92. The van der Waals surface area contributed by atoms with Crippen molar-refractivity contribution >= 4 is 33.2 Å². The van der Waals surface area contributed by atoms with Crippen LogP contribution in [-0.4, -0.2) is 57.5 Å². The lowest BCUT2D eigenvalue weighted by Gasteiger charge is -2.30. The Hall–Kier alpha value is -0.925. The summed E-state index contributed by atoms with van der Waals surface area (Å²) in [6, 6.07) is 3.97. The van der Waals surface area contributed by atoms with Crippen LogP contribution in [-0.2, 0) is 0 Å². The van der Waals surface area contributed by atoms with Crippen LogP contribution in [0.15, 0.2) is 23.3 Å². The van der Waals surface area contributed by atoms with Crippen molar-refractivity contribution in [3.8, 4) is 0 Å². The van der Waals surface area contributed by atoms with Gasteiger partial charge in [0.25, 0.3) is 0 Å². The molecule has 1 rings (SSSR count). The van der Waals surface area contributed by atoms with E-state index in [1.54, 1.807) is 12.4 Å². The van der Waals surface area contributed by atoms with E-state index < -0.39 is 7.95 Å². The Bertz CT molecular complexity index is 409. The van der Waals surface area contributed by atoms with E-state index in [4.69, 9.17) is 7.57 Å². The van der Waals surface area contributed by atoms with E-state index in [1.165, 1.54) is 0 Å². The van der Waals surface area contributed by atoms with Crippen LogP contribution < -0.4 is 4.67 Å². The minimum absolute atomic E-state index is 0.697. The molecule has 1 heterocycles. The molecule has 1 aromatic heterocycles. The highest BCUT2D eigenvalue weighted by atomic mass is 31.1. The van der Waals surface area contributed by atoms with Crippen molar-refractivity contribution < 1.29 is 0 Å². The lowest BCUT2D eigenvalue weighted by Crippen LogP contribution is -2.23. The van der Waals surface area contributed by atoms with E-state index in [2.05, 4.69) is 40.3 Å². The van der Waals surface area contributed by atoms with Crippen molar-refractivity contribution in [1.29, 1.82) is 0 Å². The van der Waals surface area contributed by atoms with Crippen molar-refractivity contribution in [2.45, 2.75) is 13.3 Å². The SMILES string of the molecule is [B]P(C)N(CCCN(C)C)c1cccnc1N=CC. The zero-order valence-corrected chi connectivity index (χ0v) is 13.1. The van der Waals surface area contributed by atoms with Crippen molar-refractivity contribution in [1.82, 2.24) is 9.88 Å². The Morgan fingerprint density at radius 3 is 2.74 bits per heavy atom. The predicted octanol–water partition coefficient (Wildman–Crippen LogP) is 2.67. The van der Waals surface area contributed by atoms with Crippen LogP contribution in [0.2, 0.25) is 0 Å². The summed E-state index contributed by atoms with van der Waals surface area (Å²) in [5, 5.41) is 0. The monoisotopic (exact) mass is 276 g/mol. The molecule has 0 aliphatic heterocycles. The van der Waals surface area contributed by atoms with Crippen LogP contribution in [0, 0.1) is 0 Å². The number of aliphatic imine (C=N–C) groups is 1. The van der Waals surface area contributed by atoms with Gasteiger partial charge in [0.2, 0.25) is 0 Å². The first-order chi connectivity index (χ1) is 9.06. The first-order valence-corrected chi connectivity index (χ1v) is 8.21. The summed E-state index contributed by atoms with van der Waals surface area (Å²) in [7, 11) is 9.61. The van der Waals surface area contributed by atoms with E-state index in [0.717, 1.165) is 31.0 Å². The molecule has 4 nitrogen and oxygen atoms in total. The van der Waals surface area contributed by atoms with Gasteiger partial charge in [-0.3, -0.25) is 0 Å². The molecule has 0 N–H and O–H groups in total. The molecule has 0 saturated carbocycles. The largest absolute Gasteiger partial charge is 0.357 e. The van der Waals surface area contributed by atoms with Gasteiger partial charge in [0, 0.05) is 19.0 Å². The molecule has 0 fully saturated rings. The van der Waals surface area contributed by atoms with Gasteiger partial charge in [0.05, 0.1) is 5.69 Å². The topological polar surface area (TPSA) is 31.7 Å². The Kier molecular flexibility index (Phi) is 7.04. The van der Waals surface area contributed by atoms with Crippen LogP contribution in [0.25, 0.3) is 0 Å². The van der Waals surface area contributed by atoms with Gasteiger partial charge in [0.15, 0.2) is 5.82 Å². The van der Waals surface area contributed by atoms with Gasteiger partial charge < -0.3 is 9.57 Å². The number of pyridine rings is 1. The van der Waals surface area contributed by atoms with Crippen molar-refractivity contribution in [3.05, 3.63) is 18.3 Å². The Morgan fingerprint density at radius 1 is 1.42 bits per heavy atom. The average Bonchev–Trinajstić information content (AvgIpc) is 2.35. The fourth-order valence-electron chi connectivity index (χ4n) is 1.80. The Morgan fingerprint density at radius 2 is 2.16 bits per heavy atom. The second-order valence-corrected chi connectivity index (χ2v) is 6.22. The molecular weight excluding hydrogens is 254 g/mol. The van der Waals surface area contributed by atoms with E-state index in [-0.39, 0.29) is 0 Å². The van der Waals surface area contributed by atoms with E-state index in [1.807, 2.05) is 19.1 Å². The van der Waals surface area contributed by atoms with Crippen LogP contribution in [0.5, 0.6) is 0 Å². The standard InChI is InChI=1S/C13H22BN4P/c1-5-15-13-12(8-6-9-16-13)18(19(4)14)11-7-10-17(2)3/h5-6,8-9H,7,10-11H2,1-4H3. The molecule has 1 unspecified atom stereocenters. The number of aromatic nitrogens is 1. The molecule has 0 aliphatic carbocycles. The third kappa shape index (κ3) is 5.29. The quantitative estimate of drug-likeness (QED) is 0.436. The highest BCUT2D eigenvalue weighted by molar-refractivity contribution is 7.82. The molecule has 0 amide bonds. The van der Waals surface area contributed by atoms with Crippen LogP contribution in [0.3, 0.4) is 0 Å². The molecule has 19 heavy (non-hydrogen) atoms. The normalized spacial score (nSPS) is 13.1. The average molecular weight is 276 g/mol. The summed E-state index contributed by atoms with van der Waals surface area (Å²) in [6.07, 6.45) is 4.59. The minimum Gasteiger partial charge on any atom is -0.357 e. The molecule has 0 aliphatic rings. The maximum atomic E-state index is 6.15. The number of anilines is 1. The molecule has 2 radical (unpaired) electrons. The summed E-state index contributed by atoms with van der Waals surface area (Å²) >= 11 is 0. The highest BCUT2D eigenvalue weighted by Gasteiger charge is 2.14. The number of hydrogen-bond acceptors (Lipinski definition) is 4. The van der Waals surface area contributed by atoms with Gasteiger partial charge >= 0.3 is 0 Å². The summed E-state index contributed by atoms with van der Waals surface area (Å²) < 4.78 is 2.22. The van der Waals surface area contributed by atoms with Crippen molar-refractivity contribution in [2.24, 2.45) is 4.99 Å². The predicted molar refractivity (Wildman–Crippen MR) is 87.2 cm³/mol. The van der Waals surface area contributed by atoms with E-state index in [9.17, 15) is 0 Å². The maximum Gasteiger partial charge on any atom is 0.175 e. The minimum atomic E-state index is -0.697. The van der Waals surface area contributed by atoms with Gasteiger partial charge in [-0.25, -0.2) is 9.98 Å². The molecule has 0 spiro atoms. The molecule has 1 aromatic rings. The number of rotatable bonds is 7. The Labute approximate surface area is 119 Å². The molecule has 1 atom stereocenters. The van der Waals surface area contributed by atoms with Crippen LogP contribution in [0.1, 0.15) is 13.3 Å². The van der Waals surface area contributed by atoms with Gasteiger partial charge in [-0.1, -0.05) is 7.95 Å². The van der Waals surface area contributed by atoms with Gasteiger partial charge in [-0.05, 0) is 52.8 Å².